The maximum Gasteiger partial charge on any atom is 0.231 e. The van der Waals surface area contributed by atoms with Gasteiger partial charge in [-0.15, -0.1) is 0 Å². The second-order valence-corrected chi connectivity index (χ2v) is 8.70. The summed E-state index contributed by atoms with van der Waals surface area (Å²) < 4.78 is 5.17. The summed E-state index contributed by atoms with van der Waals surface area (Å²) in [7, 11) is 0. The van der Waals surface area contributed by atoms with Crippen LogP contribution in [0.3, 0.4) is 0 Å². The Kier molecular flexibility index (Phi) is 4.96. The van der Waals surface area contributed by atoms with Crippen LogP contribution in [0, 0.1) is 22.7 Å². The van der Waals surface area contributed by atoms with Crippen molar-refractivity contribution in [2.24, 2.45) is 22.7 Å². The van der Waals surface area contributed by atoms with Gasteiger partial charge in [0.2, 0.25) is 5.78 Å². The zero-order valence-electron chi connectivity index (χ0n) is 16.0. The van der Waals surface area contributed by atoms with Crippen molar-refractivity contribution in [1.29, 1.82) is 0 Å². The van der Waals surface area contributed by atoms with Crippen LogP contribution < -0.4 is 0 Å². The molecule has 1 saturated carbocycles. The third-order valence-corrected chi connectivity index (χ3v) is 7.62. The average Bonchev–Trinajstić information content (AvgIpc) is 3.46. The molecule has 0 aromatic heterocycles. The van der Waals surface area contributed by atoms with Crippen molar-refractivity contribution < 1.29 is 34.4 Å². The van der Waals surface area contributed by atoms with Gasteiger partial charge < -0.3 is 20.1 Å². The van der Waals surface area contributed by atoms with Crippen LogP contribution in [-0.2, 0) is 19.1 Å². The van der Waals surface area contributed by atoms with Crippen LogP contribution in [0.5, 0.6) is 0 Å². The minimum absolute atomic E-state index is 0.0125. The standard InChI is InChI=1S/C20H28O7/c1-11-16(25)17(26)19(3)12(8-21)5-4-6-13(19)18(11,2)7-14(23)20(10-27-20)15(24)9-22/h5,9,11,13-14,16,21,23,25H,4,6-8,10H2,1-3H3/t11-,13+,14-,16-,18-,19-,20+/m1/s1. The van der Waals surface area contributed by atoms with Crippen LogP contribution in [0.1, 0.15) is 40.0 Å². The molecule has 7 atom stereocenters. The quantitative estimate of drug-likeness (QED) is 0.260. The van der Waals surface area contributed by atoms with Gasteiger partial charge >= 0.3 is 0 Å². The van der Waals surface area contributed by atoms with Crippen molar-refractivity contribution in [2.75, 3.05) is 13.2 Å². The number of epoxide rings is 1. The van der Waals surface area contributed by atoms with Crippen LogP contribution in [-0.4, -0.2) is 64.2 Å². The number of fused-ring (bicyclic) bond motifs is 1. The van der Waals surface area contributed by atoms with Crippen LogP contribution in [0.25, 0.3) is 0 Å². The normalized spacial score (nSPS) is 44.9. The zero-order valence-corrected chi connectivity index (χ0v) is 16.0. The molecule has 7 heteroatoms. The number of aliphatic hydroxyl groups excluding tert-OH is 3. The lowest BCUT2D eigenvalue weighted by Crippen LogP contribution is -2.62. The Morgan fingerprint density at radius 2 is 2.07 bits per heavy atom. The number of rotatable bonds is 6. The fourth-order valence-corrected chi connectivity index (χ4v) is 5.49. The lowest BCUT2D eigenvalue weighted by atomic mass is 9.45. The summed E-state index contributed by atoms with van der Waals surface area (Å²) in [5.74, 6) is -1.79. The number of aliphatic hydroxyl groups is 3. The summed E-state index contributed by atoms with van der Waals surface area (Å²) in [6.07, 6.45) is 1.03. The lowest BCUT2D eigenvalue weighted by molar-refractivity contribution is -0.170. The number of Topliss-reactive ketones (excluding diaryl/α,β-unsaturated/α-hetero) is 2. The van der Waals surface area contributed by atoms with E-state index in [9.17, 15) is 29.7 Å². The third-order valence-electron chi connectivity index (χ3n) is 7.62. The van der Waals surface area contributed by atoms with E-state index < -0.39 is 40.3 Å². The van der Waals surface area contributed by atoms with Gasteiger partial charge in [0.25, 0.3) is 0 Å². The maximum atomic E-state index is 13.0. The summed E-state index contributed by atoms with van der Waals surface area (Å²) in [4.78, 5) is 35.9. The highest BCUT2D eigenvalue weighted by atomic mass is 16.6. The maximum absolute atomic E-state index is 13.0. The molecule has 0 radical (unpaired) electrons. The fourth-order valence-electron chi connectivity index (χ4n) is 5.49. The predicted molar refractivity (Wildman–Crippen MR) is 94.7 cm³/mol. The number of aldehydes is 1. The highest BCUT2D eigenvalue weighted by molar-refractivity contribution is 6.30. The molecule has 1 aliphatic heterocycles. The molecule has 3 aliphatic rings. The Bertz CT molecular complexity index is 694. The molecule has 0 aromatic rings. The summed E-state index contributed by atoms with van der Waals surface area (Å²) in [5.41, 5.74) is -2.63. The van der Waals surface area contributed by atoms with E-state index in [1.54, 1.807) is 13.8 Å². The molecule has 2 aliphatic carbocycles. The minimum Gasteiger partial charge on any atom is -0.392 e. The molecule has 3 rings (SSSR count). The van der Waals surface area contributed by atoms with Crippen molar-refractivity contribution in [3.05, 3.63) is 11.6 Å². The molecule has 0 bridgehead atoms. The Balaban J connectivity index is 2.00. The molecule has 150 valence electrons. The molecule has 2 fully saturated rings. The first-order chi connectivity index (χ1) is 12.6. The van der Waals surface area contributed by atoms with Gasteiger partial charge in [-0.2, -0.15) is 0 Å². The number of ketones is 2. The number of ether oxygens (including phenoxy) is 1. The Morgan fingerprint density at radius 3 is 2.59 bits per heavy atom. The summed E-state index contributed by atoms with van der Waals surface area (Å²) >= 11 is 0. The van der Waals surface area contributed by atoms with E-state index in [0.717, 1.165) is 0 Å². The van der Waals surface area contributed by atoms with Gasteiger partial charge in [0.1, 0.15) is 6.10 Å². The Labute approximate surface area is 158 Å². The van der Waals surface area contributed by atoms with Gasteiger partial charge in [-0.1, -0.05) is 19.9 Å². The second kappa shape index (κ2) is 6.58. The van der Waals surface area contributed by atoms with Crippen LogP contribution >= 0.6 is 0 Å². The van der Waals surface area contributed by atoms with Gasteiger partial charge in [0.15, 0.2) is 17.7 Å². The summed E-state index contributed by atoms with van der Waals surface area (Å²) in [6.45, 7) is 5.15. The molecule has 3 N–H and O–H groups in total. The lowest BCUT2D eigenvalue weighted by Gasteiger charge is -2.58. The second-order valence-electron chi connectivity index (χ2n) is 8.70. The Morgan fingerprint density at radius 1 is 1.44 bits per heavy atom. The van der Waals surface area contributed by atoms with Crippen molar-refractivity contribution >= 4 is 17.9 Å². The first-order valence-corrected chi connectivity index (χ1v) is 9.44. The number of carbonyl (C=O) groups excluding carboxylic acids is 3. The van der Waals surface area contributed by atoms with Crippen LogP contribution in [0.4, 0.5) is 0 Å². The predicted octanol–water partition coefficient (Wildman–Crippen LogP) is 0.195. The van der Waals surface area contributed by atoms with Gasteiger partial charge in [0.05, 0.1) is 24.7 Å². The van der Waals surface area contributed by atoms with E-state index in [0.29, 0.717) is 18.4 Å². The fraction of sp³-hybridized carbons (Fsp3) is 0.750. The smallest absolute Gasteiger partial charge is 0.231 e. The molecule has 0 aromatic carbocycles. The molecule has 1 heterocycles. The molecular formula is C20H28O7. The van der Waals surface area contributed by atoms with E-state index >= 15 is 0 Å². The molecule has 27 heavy (non-hydrogen) atoms. The van der Waals surface area contributed by atoms with E-state index in [-0.39, 0.29) is 37.6 Å². The SMILES string of the molecule is C[C@@H]1[C@@H](O)C(=O)[C@]2(C)C(CO)=CCC[C@H]2[C@]1(C)C[C@@H](O)[C@]1(C(=O)C=O)CO1. The molecular weight excluding hydrogens is 352 g/mol. The van der Waals surface area contributed by atoms with Crippen LogP contribution in [0.15, 0.2) is 11.6 Å². The molecule has 0 unspecified atom stereocenters. The highest BCUT2D eigenvalue weighted by Gasteiger charge is 2.65. The van der Waals surface area contributed by atoms with E-state index in [1.165, 1.54) is 0 Å². The first-order valence-electron chi connectivity index (χ1n) is 9.44. The Hall–Kier alpha value is -1.41. The van der Waals surface area contributed by atoms with Crippen molar-refractivity contribution in [1.82, 2.24) is 0 Å². The topological polar surface area (TPSA) is 124 Å². The van der Waals surface area contributed by atoms with Crippen molar-refractivity contribution in [2.45, 2.75) is 57.8 Å². The number of hydrogen-bond acceptors (Lipinski definition) is 7. The summed E-state index contributed by atoms with van der Waals surface area (Å²) in [5, 5.41) is 31.3. The molecule has 0 spiro atoms. The third kappa shape index (κ3) is 2.67. The van der Waals surface area contributed by atoms with Gasteiger partial charge in [-0.05, 0) is 49.0 Å². The number of hydrogen-bond donors (Lipinski definition) is 3. The molecule has 1 saturated heterocycles. The largest absolute Gasteiger partial charge is 0.392 e. The van der Waals surface area contributed by atoms with Gasteiger partial charge in [0, 0.05) is 0 Å². The monoisotopic (exact) mass is 380 g/mol. The minimum atomic E-state index is -1.50. The van der Waals surface area contributed by atoms with E-state index in [2.05, 4.69) is 0 Å². The van der Waals surface area contributed by atoms with Crippen molar-refractivity contribution in [3.63, 3.8) is 0 Å². The zero-order chi connectivity index (χ0) is 20.2. The van der Waals surface area contributed by atoms with E-state index in [1.807, 2.05) is 13.0 Å². The number of carbonyl (C=O) groups is 3. The van der Waals surface area contributed by atoms with Crippen molar-refractivity contribution in [3.8, 4) is 0 Å². The molecule has 7 nitrogen and oxygen atoms in total. The first kappa shape index (κ1) is 20.3. The van der Waals surface area contributed by atoms with Gasteiger partial charge in [-0.3, -0.25) is 14.4 Å². The van der Waals surface area contributed by atoms with E-state index in [4.69, 9.17) is 4.74 Å². The number of allylic oxidation sites excluding steroid dienone is 1. The van der Waals surface area contributed by atoms with Crippen LogP contribution in [0.2, 0.25) is 0 Å². The highest BCUT2D eigenvalue weighted by Crippen LogP contribution is 2.61. The molecule has 0 amide bonds. The summed E-state index contributed by atoms with van der Waals surface area (Å²) in [6, 6.07) is 0. The van der Waals surface area contributed by atoms with Gasteiger partial charge in [-0.25, -0.2) is 0 Å². The average molecular weight is 380 g/mol.